The molecular formula is C12H15N5O2. The van der Waals surface area contributed by atoms with E-state index in [0.717, 1.165) is 25.9 Å². The Morgan fingerprint density at radius 1 is 1.68 bits per heavy atom. The largest absolute Gasteiger partial charge is 0.355 e. The lowest BCUT2D eigenvalue weighted by atomic mass is 9.98. The molecule has 1 aromatic heterocycles. The number of aromatic nitrogens is 1. The van der Waals surface area contributed by atoms with Crippen molar-refractivity contribution >= 4 is 11.5 Å². The highest BCUT2D eigenvalue weighted by atomic mass is 16.6. The van der Waals surface area contributed by atoms with Gasteiger partial charge in [-0.15, -0.1) is 0 Å². The van der Waals surface area contributed by atoms with Crippen molar-refractivity contribution in [1.29, 1.82) is 5.26 Å². The second kappa shape index (κ2) is 5.63. The second-order valence-corrected chi connectivity index (χ2v) is 4.62. The molecule has 0 bridgehead atoms. The van der Waals surface area contributed by atoms with Gasteiger partial charge in [0.15, 0.2) is 0 Å². The van der Waals surface area contributed by atoms with Gasteiger partial charge in [0.2, 0.25) is 0 Å². The first-order valence-electron chi connectivity index (χ1n) is 6.15. The van der Waals surface area contributed by atoms with E-state index in [9.17, 15) is 10.1 Å². The van der Waals surface area contributed by atoms with Crippen LogP contribution in [-0.2, 0) is 0 Å². The Labute approximate surface area is 110 Å². The van der Waals surface area contributed by atoms with Crippen molar-refractivity contribution in [3.63, 3.8) is 0 Å². The van der Waals surface area contributed by atoms with E-state index in [0.29, 0.717) is 18.3 Å². The third-order valence-corrected chi connectivity index (χ3v) is 3.34. The molecule has 19 heavy (non-hydrogen) atoms. The molecule has 100 valence electrons. The Morgan fingerprint density at radius 3 is 3.11 bits per heavy atom. The third kappa shape index (κ3) is 2.80. The first-order valence-corrected chi connectivity index (χ1v) is 6.15. The van der Waals surface area contributed by atoms with Crippen LogP contribution in [0.25, 0.3) is 0 Å². The molecule has 0 aromatic carbocycles. The highest BCUT2D eigenvalue weighted by molar-refractivity contribution is 5.57. The van der Waals surface area contributed by atoms with Gasteiger partial charge in [-0.25, -0.2) is 4.98 Å². The number of rotatable bonds is 3. The average molecular weight is 261 g/mol. The smallest absolute Gasteiger partial charge is 0.289 e. The average Bonchev–Trinajstić information content (AvgIpc) is 2.46. The van der Waals surface area contributed by atoms with E-state index in [4.69, 9.17) is 11.0 Å². The van der Waals surface area contributed by atoms with E-state index >= 15 is 0 Å². The molecule has 0 spiro atoms. The molecule has 7 heteroatoms. The van der Waals surface area contributed by atoms with E-state index in [1.165, 1.54) is 12.3 Å². The van der Waals surface area contributed by atoms with Crippen LogP contribution in [-0.4, -0.2) is 29.5 Å². The van der Waals surface area contributed by atoms with Crippen LogP contribution in [0, 0.1) is 27.4 Å². The Bertz CT molecular complexity index is 525. The van der Waals surface area contributed by atoms with E-state index < -0.39 is 4.92 Å². The van der Waals surface area contributed by atoms with Crippen molar-refractivity contribution in [2.45, 2.75) is 12.8 Å². The van der Waals surface area contributed by atoms with Crippen LogP contribution in [0.2, 0.25) is 0 Å². The Hall–Kier alpha value is -2.20. The lowest BCUT2D eigenvalue weighted by molar-refractivity contribution is -0.385. The van der Waals surface area contributed by atoms with Gasteiger partial charge in [-0.2, -0.15) is 5.26 Å². The number of nitrogens with two attached hydrogens (primary N) is 1. The van der Waals surface area contributed by atoms with Gasteiger partial charge in [0.1, 0.15) is 23.6 Å². The highest BCUT2D eigenvalue weighted by Crippen LogP contribution is 2.26. The molecule has 1 saturated heterocycles. The fraction of sp³-hybridized carbons (Fsp3) is 0.500. The maximum absolute atomic E-state index is 10.7. The third-order valence-electron chi connectivity index (χ3n) is 3.34. The maximum Gasteiger partial charge on any atom is 0.289 e. The number of hydrogen-bond donors (Lipinski definition) is 1. The molecule has 0 amide bonds. The van der Waals surface area contributed by atoms with Crippen LogP contribution in [0.15, 0.2) is 12.3 Å². The summed E-state index contributed by atoms with van der Waals surface area (Å²) in [6.45, 7) is 2.15. The predicted octanol–water partition coefficient (Wildman–Crippen LogP) is 1.04. The molecule has 1 aliphatic rings. The summed E-state index contributed by atoms with van der Waals surface area (Å²) in [5.41, 5.74) is 5.76. The van der Waals surface area contributed by atoms with E-state index in [-0.39, 0.29) is 11.3 Å². The topological polar surface area (TPSA) is 109 Å². The van der Waals surface area contributed by atoms with E-state index in [1.54, 1.807) is 0 Å². The van der Waals surface area contributed by atoms with Gasteiger partial charge in [0.05, 0.1) is 4.92 Å². The van der Waals surface area contributed by atoms with Crippen LogP contribution in [0.1, 0.15) is 18.4 Å². The van der Waals surface area contributed by atoms with Gasteiger partial charge in [-0.05, 0) is 25.3 Å². The summed E-state index contributed by atoms with van der Waals surface area (Å²) >= 11 is 0. The number of piperidine rings is 1. The van der Waals surface area contributed by atoms with E-state index in [1.807, 2.05) is 11.0 Å². The predicted molar refractivity (Wildman–Crippen MR) is 69.6 cm³/mol. The molecule has 1 aromatic rings. The fourth-order valence-electron chi connectivity index (χ4n) is 2.33. The zero-order valence-electron chi connectivity index (χ0n) is 10.5. The first kappa shape index (κ1) is 13.2. The van der Waals surface area contributed by atoms with Crippen molar-refractivity contribution in [3.05, 3.63) is 27.9 Å². The zero-order chi connectivity index (χ0) is 13.8. The molecule has 1 fully saturated rings. The van der Waals surface area contributed by atoms with Gasteiger partial charge in [-0.3, -0.25) is 10.1 Å². The van der Waals surface area contributed by atoms with Gasteiger partial charge >= 0.3 is 0 Å². The second-order valence-electron chi connectivity index (χ2n) is 4.62. The van der Waals surface area contributed by atoms with E-state index in [2.05, 4.69) is 4.98 Å². The molecule has 7 nitrogen and oxygen atoms in total. The van der Waals surface area contributed by atoms with Crippen molar-refractivity contribution in [3.8, 4) is 6.07 Å². The molecule has 2 heterocycles. The van der Waals surface area contributed by atoms with Crippen LogP contribution in [0.5, 0.6) is 0 Å². The zero-order valence-corrected chi connectivity index (χ0v) is 10.5. The summed E-state index contributed by atoms with van der Waals surface area (Å²) in [6, 6.07) is 3.25. The molecule has 0 radical (unpaired) electrons. The van der Waals surface area contributed by atoms with Crippen LogP contribution < -0.4 is 10.6 Å². The summed E-state index contributed by atoms with van der Waals surface area (Å²) in [7, 11) is 0. The quantitative estimate of drug-likeness (QED) is 0.643. The number of pyridine rings is 1. The Balaban J connectivity index is 2.29. The van der Waals surface area contributed by atoms with Crippen molar-refractivity contribution in [2.24, 2.45) is 11.7 Å². The molecule has 0 saturated carbocycles. The molecule has 2 N–H and O–H groups in total. The lowest BCUT2D eigenvalue weighted by Gasteiger charge is -2.33. The van der Waals surface area contributed by atoms with Crippen molar-refractivity contribution in [1.82, 2.24) is 4.98 Å². The molecule has 1 unspecified atom stereocenters. The number of anilines is 1. The Morgan fingerprint density at radius 2 is 2.47 bits per heavy atom. The van der Waals surface area contributed by atoms with Crippen LogP contribution in [0.4, 0.5) is 11.5 Å². The number of hydrogen-bond acceptors (Lipinski definition) is 6. The lowest BCUT2D eigenvalue weighted by Crippen LogP contribution is -2.39. The summed E-state index contributed by atoms with van der Waals surface area (Å²) in [5.74, 6) is 0.906. The Kier molecular flexibility index (Phi) is 3.92. The number of nitriles is 1. The van der Waals surface area contributed by atoms with Crippen molar-refractivity contribution in [2.75, 3.05) is 24.5 Å². The number of nitro groups is 1. The summed E-state index contributed by atoms with van der Waals surface area (Å²) in [5, 5.41) is 19.8. The fourth-order valence-corrected chi connectivity index (χ4v) is 2.33. The monoisotopic (exact) mass is 261 g/mol. The van der Waals surface area contributed by atoms with Crippen LogP contribution >= 0.6 is 0 Å². The van der Waals surface area contributed by atoms with Crippen molar-refractivity contribution < 1.29 is 4.92 Å². The minimum absolute atomic E-state index is 0.160. The van der Waals surface area contributed by atoms with Crippen LogP contribution in [0.3, 0.4) is 0 Å². The molecule has 1 aliphatic heterocycles. The molecular weight excluding hydrogens is 246 g/mol. The minimum atomic E-state index is -0.545. The minimum Gasteiger partial charge on any atom is -0.355 e. The van der Waals surface area contributed by atoms with Gasteiger partial charge in [0, 0.05) is 19.2 Å². The maximum atomic E-state index is 10.7. The summed E-state index contributed by atoms with van der Waals surface area (Å²) < 4.78 is 0. The molecule has 2 rings (SSSR count). The first-order chi connectivity index (χ1) is 9.15. The highest BCUT2D eigenvalue weighted by Gasteiger charge is 2.23. The number of nitrogens with zero attached hydrogens (tertiary/aromatic N) is 4. The van der Waals surface area contributed by atoms with Gasteiger partial charge in [-0.1, -0.05) is 0 Å². The molecule has 1 atom stereocenters. The standard InChI is InChI=1S/C12H15N5O2/c13-5-9-2-1-3-16(8-9)12-10(6-14)4-11(7-15-12)17(18)19/h4,7,9H,1-3,5,8,13H2. The summed E-state index contributed by atoms with van der Waals surface area (Å²) in [4.78, 5) is 16.2. The SMILES string of the molecule is N#Cc1cc([N+](=O)[O-])cnc1N1CCCC(CN)C1. The summed E-state index contributed by atoms with van der Waals surface area (Å²) in [6.07, 6.45) is 3.26. The van der Waals surface area contributed by atoms with Gasteiger partial charge < -0.3 is 10.6 Å². The molecule has 0 aliphatic carbocycles. The normalized spacial score (nSPS) is 18.9. The van der Waals surface area contributed by atoms with Gasteiger partial charge in [0.25, 0.3) is 5.69 Å².